The van der Waals surface area contributed by atoms with Crippen molar-refractivity contribution in [2.45, 2.75) is 19.3 Å². The van der Waals surface area contributed by atoms with Crippen molar-refractivity contribution in [3.63, 3.8) is 0 Å². The van der Waals surface area contributed by atoms with Crippen LogP contribution in [-0.4, -0.2) is 33.2 Å². The van der Waals surface area contributed by atoms with E-state index in [0.717, 1.165) is 189 Å². The summed E-state index contributed by atoms with van der Waals surface area (Å²) in [6, 6.07) is 175. The molecule has 149 heavy (non-hydrogen) atoms. The summed E-state index contributed by atoms with van der Waals surface area (Å²) in [5.41, 5.74) is 36.0. The van der Waals surface area contributed by atoms with Crippen LogP contribution in [0, 0.1) is 0 Å². The van der Waals surface area contributed by atoms with Crippen molar-refractivity contribution in [3.8, 4) is 113 Å². The SMILES string of the molecule is CC1(C)c2ccccc2-c2cc3c(cc21)c1ccccc1n3-c1cc(-c2ccccc2)cc(-c2ccc3oc4ccccc4c3c2)n1.c1ccc(-c2cc(-c3ccc4oc5ccccc5c4c3)nc(-n3c4ccccc4c4cc5c(cc43)c3ccccc3n5-c3ccccc3)c2)cc1.c1ccc(-c2cccc(-c3cc(-c4ccc5c(c4)oc4ccccc45)nc(-n4c5ccccc5c5cc6sc7ccccc7c6cc54)c3)c2)cc1. The van der Waals surface area contributed by atoms with Gasteiger partial charge >= 0.3 is 0 Å². The van der Waals surface area contributed by atoms with Crippen molar-refractivity contribution in [3.05, 3.63) is 503 Å². The maximum Gasteiger partial charge on any atom is 0.138 e. The Morgan fingerprint density at radius 2 is 0.530 bits per heavy atom. The highest BCUT2D eigenvalue weighted by Crippen LogP contribution is 2.53. The summed E-state index contributed by atoms with van der Waals surface area (Å²) in [5.74, 6) is 2.65. The molecule has 11 heterocycles. The van der Waals surface area contributed by atoms with E-state index >= 15 is 0 Å². The fourth-order valence-corrected chi connectivity index (χ4v) is 24.8. The van der Waals surface area contributed by atoms with Crippen LogP contribution in [0.15, 0.2) is 505 Å². The van der Waals surface area contributed by atoms with Crippen LogP contribution in [0.25, 0.3) is 286 Å². The van der Waals surface area contributed by atoms with Gasteiger partial charge in [0.15, 0.2) is 0 Å². The van der Waals surface area contributed by atoms with Gasteiger partial charge in [0.2, 0.25) is 0 Å². The number of para-hydroxylation sites is 8. The zero-order chi connectivity index (χ0) is 98.2. The van der Waals surface area contributed by atoms with Gasteiger partial charge in [-0.05, 0) is 255 Å². The first-order valence-corrected chi connectivity index (χ1v) is 51.5. The number of nitrogens with zero attached hydrogens (tertiary/aromatic N) is 7. The Balaban J connectivity index is 0.000000103. The Hall–Kier alpha value is -19.3. The van der Waals surface area contributed by atoms with Crippen molar-refractivity contribution in [1.82, 2.24) is 33.2 Å². The lowest BCUT2D eigenvalue weighted by Crippen LogP contribution is -2.14. The fourth-order valence-electron chi connectivity index (χ4n) is 23.6. The predicted octanol–water partition coefficient (Wildman–Crippen LogP) is 37.7. The maximum absolute atomic E-state index is 6.35. The molecular formula is C138H87N7O3S. The molecule has 0 atom stereocenters. The lowest BCUT2D eigenvalue weighted by atomic mass is 9.82. The summed E-state index contributed by atoms with van der Waals surface area (Å²) in [6.07, 6.45) is 0. The van der Waals surface area contributed by atoms with E-state index in [-0.39, 0.29) is 5.41 Å². The minimum absolute atomic E-state index is 0.0716. The van der Waals surface area contributed by atoms with Gasteiger partial charge in [0.1, 0.15) is 51.0 Å². The van der Waals surface area contributed by atoms with Crippen LogP contribution in [0.4, 0.5) is 0 Å². The van der Waals surface area contributed by atoms with Crippen molar-refractivity contribution in [2.75, 3.05) is 0 Å². The number of hydrogen-bond acceptors (Lipinski definition) is 7. The third kappa shape index (κ3) is 14.0. The van der Waals surface area contributed by atoms with Crippen LogP contribution in [0.1, 0.15) is 25.0 Å². The van der Waals surface area contributed by atoms with Crippen molar-refractivity contribution in [2.24, 2.45) is 0 Å². The van der Waals surface area contributed by atoms with Gasteiger partial charge < -0.3 is 17.8 Å². The summed E-state index contributed by atoms with van der Waals surface area (Å²) in [6.45, 7) is 4.69. The standard InChI is InChI=1S/C47H29N3O.C47H28N2OS.C44H30N2O/c1-3-13-30(14-4-1)32-26-40(31-23-24-46-39(25-31)36-19-9-12-22-45(36)51-46)48-47(27-32)50-42-21-11-8-18-35(42)38-28-43-37(29-44(38)50)34-17-7-10-20-41(34)49(43)33-15-5-2-6-16-33;1-2-11-29(12-3-1)30-13-10-14-31(23-30)33-24-40(32-21-22-36-35-16-5-8-19-43(35)50-44(36)25-32)48-47(26-33)49-41-18-7-4-15-34(41)38-28-46-39(27-42(38)49)37-17-6-9-20-45(37)51-46;1-44(2)36-17-9-6-14-30(36)33-26-40-34(25-37(33)44)31-15-7-10-18-39(31)46(40)43-24-29(27-12-4-3-5-13-27)23-38(45-43)28-20-21-42-35(22-28)32-16-8-11-19-41(32)47-42/h1-29H;1-28H;3-26H,1-2H3. The number of furan rings is 3. The average molecular weight is 1920 g/mol. The number of thiophene rings is 1. The summed E-state index contributed by atoms with van der Waals surface area (Å²) < 4.78 is 30.7. The molecule has 698 valence electrons. The largest absolute Gasteiger partial charge is 0.456 e. The molecule has 0 bridgehead atoms. The van der Waals surface area contributed by atoms with E-state index in [9.17, 15) is 0 Å². The molecule has 0 unspecified atom stereocenters. The highest BCUT2D eigenvalue weighted by molar-refractivity contribution is 7.25. The summed E-state index contributed by atoms with van der Waals surface area (Å²) in [5, 5.41) is 18.9. The van der Waals surface area contributed by atoms with E-state index in [0.29, 0.717) is 0 Å². The van der Waals surface area contributed by atoms with Crippen molar-refractivity contribution >= 4 is 185 Å². The molecule has 0 radical (unpaired) electrons. The Bertz CT molecular complexity index is 10900. The molecule has 0 fully saturated rings. The van der Waals surface area contributed by atoms with Crippen molar-refractivity contribution < 1.29 is 13.3 Å². The second-order valence-electron chi connectivity index (χ2n) is 39.6. The molecule has 0 amide bonds. The van der Waals surface area contributed by atoms with E-state index in [1.165, 1.54) is 108 Å². The molecule has 1 aliphatic carbocycles. The topological polar surface area (TPSA) is 97.8 Å². The normalized spacial score (nSPS) is 12.4. The molecule has 10 nitrogen and oxygen atoms in total. The predicted molar refractivity (Wildman–Crippen MR) is 620 cm³/mol. The molecule has 0 spiro atoms. The molecule has 32 rings (SSSR count). The van der Waals surface area contributed by atoms with E-state index < -0.39 is 0 Å². The Kier molecular flexibility index (Phi) is 19.4. The van der Waals surface area contributed by atoms with Gasteiger partial charge in [-0.25, -0.2) is 15.0 Å². The number of hydrogen-bond donors (Lipinski definition) is 0. The summed E-state index contributed by atoms with van der Waals surface area (Å²) in [4.78, 5) is 16.4. The molecule has 31 aromatic rings. The molecule has 0 saturated carbocycles. The lowest BCUT2D eigenvalue weighted by Gasteiger charge is -2.21. The minimum atomic E-state index is -0.0716. The van der Waals surface area contributed by atoms with Gasteiger partial charge in [-0.15, -0.1) is 11.3 Å². The van der Waals surface area contributed by atoms with E-state index in [1.54, 1.807) is 0 Å². The fraction of sp³-hybridized carbons (Fsp3) is 0.0217. The Morgan fingerprint density at radius 3 is 1.05 bits per heavy atom. The molecule has 11 aromatic heterocycles. The van der Waals surface area contributed by atoms with E-state index in [1.807, 2.05) is 47.7 Å². The molecule has 11 heteroatoms. The maximum atomic E-state index is 6.35. The summed E-state index contributed by atoms with van der Waals surface area (Å²) in [7, 11) is 0. The number of fused-ring (bicyclic) bond motifs is 27. The number of pyridine rings is 3. The van der Waals surface area contributed by atoms with E-state index in [4.69, 9.17) is 28.2 Å². The second-order valence-corrected chi connectivity index (χ2v) is 40.7. The van der Waals surface area contributed by atoms with Crippen LogP contribution in [0.3, 0.4) is 0 Å². The lowest BCUT2D eigenvalue weighted by molar-refractivity contribution is 0.661. The third-order valence-corrected chi connectivity index (χ3v) is 31.8. The minimum Gasteiger partial charge on any atom is -0.456 e. The zero-order valence-corrected chi connectivity index (χ0v) is 81.8. The van der Waals surface area contributed by atoms with Gasteiger partial charge in [-0.1, -0.05) is 317 Å². The van der Waals surface area contributed by atoms with Gasteiger partial charge in [-0.3, -0.25) is 13.7 Å². The van der Waals surface area contributed by atoms with Gasteiger partial charge in [0, 0.05) is 123 Å². The smallest absolute Gasteiger partial charge is 0.138 e. The second kappa shape index (κ2) is 33.9. The highest BCUT2D eigenvalue weighted by Gasteiger charge is 2.37. The Morgan fingerprint density at radius 1 is 0.181 bits per heavy atom. The molecule has 1 aliphatic rings. The molecular weight excluding hydrogens is 1840 g/mol. The van der Waals surface area contributed by atoms with Crippen LogP contribution in [-0.2, 0) is 5.41 Å². The molecule has 20 aromatic carbocycles. The first-order chi connectivity index (χ1) is 73.6. The van der Waals surface area contributed by atoms with Gasteiger partial charge in [-0.2, -0.15) is 0 Å². The quantitative estimate of drug-likeness (QED) is 0.128. The molecule has 0 aliphatic heterocycles. The van der Waals surface area contributed by atoms with Gasteiger partial charge in [0.25, 0.3) is 0 Å². The van der Waals surface area contributed by atoms with Crippen molar-refractivity contribution in [1.29, 1.82) is 0 Å². The highest BCUT2D eigenvalue weighted by atomic mass is 32.1. The van der Waals surface area contributed by atoms with Crippen LogP contribution >= 0.6 is 11.3 Å². The van der Waals surface area contributed by atoms with E-state index in [2.05, 4.69) is 487 Å². The molecule has 0 N–H and O–H groups in total. The first-order valence-electron chi connectivity index (χ1n) is 50.7. The number of rotatable bonds is 11. The van der Waals surface area contributed by atoms with Gasteiger partial charge in [0.05, 0.1) is 61.2 Å². The Labute approximate surface area is 859 Å². The third-order valence-electron chi connectivity index (χ3n) is 30.7. The number of benzene rings is 20. The monoisotopic (exact) mass is 1920 g/mol. The average Bonchev–Trinajstić information content (AvgIpc) is 1.55. The first kappa shape index (κ1) is 85.3. The molecule has 0 saturated heterocycles. The van der Waals surface area contributed by atoms with Crippen LogP contribution in [0.2, 0.25) is 0 Å². The van der Waals surface area contributed by atoms with Crippen LogP contribution in [0.5, 0.6) is 0 Å². The number of aromatic nitrogens is 7. The zero-order valence-electron chi connectivity index (χ0n) is 81.0. The van der Waals surface area contributed by atoms with Crippen LogP contribution < -0.4 is 0 Å². The summed E-state index contributed by atoms with van der Waals surface area (Å²) >= 11 is 1.86.